The number of aromatic nitrogens is 2. The molecule has 2 heterocycles. The molecule has 0 unspecified atom stereocenters. The number of hydrogen-bond donors (Lipinski definition) is 1. The average molecular weight is 378 g/mol. The Morgan fingerprint density at radius 3 is 2.68 bits per heavy atom. The third-order valence-electron chi connectivity index (χ3n) is 3.96. The summed E-state index contributed by atoms with van der Waals surface area (Å²) in [6, 6.07) is 10.4. The van der Waals surface area contributed by atoms with Gasteiger partial charge in [0.1, 0.15) is 34.4 Å². The van der Waals surface area contributed by atoms with Gasteiger partial charge in [-0.2, -0.15) is 10.2 Å². The smallest absolute Gasteiger partial charge is 0.269 e. The summed E-state index contributed by atoms with van der Waals surface area (Å²) in [5, 5.41) is 11.6. The maximum absolute atomic E-state index is 13.2. The van der Waals surface area contributed by atoms with E-state index in [9.17, 15) is 19.2 Å². The molecule has 7 nitrogen and oxygen atoms in total. The number of nitriles is 1. The highest BCUT2D eigenvalue weighted by molar-refractivity contribution is 6.01. The maximum Gasteiger partial charge on any atom is 0.269 e. The number of rotatable bonds is 4. The number of fused-ring (bicyclic) bond motifs is 1. The molecule has 8 heteroatoms. The van der Waals surface area contributed by atoms with E-state index in [1.807, 2.05) is 0 Å². The Hall–Kier alpha value is -3.99. The van der Waals surface area contributed by atoms with Crippen LogP contribution in [0.3, 0.4) is 0 Å². The van der Waals surface area contributed by atoms with Crippen molar-refractivity contribution < 1.29 is 13.9 Å². The monoisotopic (exact) mass is 378 g/mol. The molecule has 1 N–H and O–H groups in total. The summed E-state index contributed by atoms with van der Waals surface area (Å²) >= 11 is 0. The molecule has 2 aromatic heterocycles. The van der Waals surface area contributed by atoms with E-state index in [0.717, 1.165) is 11.6 Å². The first-order valence-electron chi connectivity index (χ1n) is 8.24. The van der Waals surface area contributed by atoms with E-state index in [4.69, 9.17) is 4.74 Å². The lowest BCUT2D eigenvalue weighted by molar-refractivity contribution is -0.116. The van der Waals surface area contributed by atoms with Gasteiger partial charge in [-0.1, -0.05) is 6.07 Å². The highest BCUT2D eigenvalue weighted by Gasteiger charge is 2.17. The van der Waals surface area contributed by atoms with Crippen LogP contribution in [0.5, 0.6) is 11.6 Å². The first-order valence-corrected chi connectivity index (χ1v) is 8.24. The lowest BCUT2D eigenvalue weighted by Gasteiger charge is -2.11. The number of aryl methyl sites for hydroxylation is 1. The van der Waals surface area contributed by atoms with Crippen molar-refractivity contribution in [2.75, 3.05) is 7.05 Å². The zero-order valence-corrected chi connectivity index (χ0v) is 15.1. The predicted octanol–water partition coefficient (Wildman–Crippen LogP) is 2.59. The molecule has 0 aliphatic heterocycles. The molecule has 1 amide bonds. The van der Waals surface area contributed by atoms with Gasteiger partial charge in [0, 0.05) is 13.2 Å². The zero-order chi connectivity index (χ0) is 20.3. The zero-order valence-electron chi connectivity index (χ0n) is 15.1. The number of benzene rings is 1. The van der Waals surface area contributed by atoms with Gasteiger partial charge in [0.25, 0.3) is 11.5 Å². The van der Waals surface area contributed by atoms with Crippen molar-refractivity contribution in [1.82, 2.24) is 14.7 Å². The topological polar surface area (TPSA) is 96.5 Å². The number of nitrogens with zero attached hydrogens (tertiary/aromatic N) is 3. The summed E-state index contributed by atoms with van der Waals surface area (Å²) in [4.78, 5) is 29.3. The summed E-state index contributed by atoms with van der Waals surface area (Å²) in [5.74, 6) is -0.938. The second-order valence-electron chi connectivity index (χ2n) is 5.83. The van der Waals surface area contributed by atoms with E-state index in [0.29, 0.717) is 5.65 Å². The number of ether oxygens (including phenoxy) is 1. The number of hydrogen-bond acceptors (Lipinski definition) is 5. The molecule has 0 bridgehead atoms. The summed E-state index contributed by atoms with van der Waals surface area (Å²) in [5.41, 5.74) is 0.221. The van der Waals surface area contributed by atoms with E-state index in [2.05, 4.69) is 10.3 Å². The molecule has 140 valence electrons. The summed E-state index contributed by atoms with van der Waals surface area (Å²) in [7, 11) is 1.37. The second kappa shape index (κ2) is 7.72. The molecule has 0 atom stereocenters. The molecule has 0 spiro atoms. The SMILES string of the molecule is CNC(=O)/C(C#N)=C\c1c(Oc2ccc(F)cc2)nc2c(C)cccn2c1=O. The van der Waals surface area contributed by atoms with E-state index >= 15 is 0 Å². The number of carbonyl (C=O) groups is 1. The Bertz CT molecular complexity index is 1190. The van der Waals surface area contributed by atoms with Crippen molar-refractivity contribution >= 4 is 17.6 Å². The summed E-state index contributed by atoms with van der Waals surface area (Å²) in [6.07, 6.45) is 2.66. The van der Waals surface area contributed by atoms with Crippen LogP contribution in [0.4, 0.5) is 4.39 Å². The van der Waals surface area contributed by atoms with Crippen molar-refractivity contribution in [3.05, 3.63) is 75.5 Å². The van der Waals surface area contributed by atoms with Crippen LogP contribution in [0.15, 0.2) is 53.0 Å². The molecule has 3 aromatic rings. The van der Waals surface area contributed by atoms with E-state index in [1.54, 1.807) is 25.1 Å². The fraction of sp³-hybridized carbons (Fsp3) is 0.100. The first kappa shape index (κ1) is 18.8. The fourth-order valence-electron chi connectivity index (χ4n) is 2.54. The van der Waals surface area contributed by atoms with Gasteiger partial charge in [-0.05, 0) is 48.9 Å². The fourth-order valence-corrected chi connectivity index (χ4v) is 2.54. The van der Waals surface area contributed by atoms with Crippen LogP contribution < -0.4 is 15.6 Å². The van der Waals surface area contributed by atoms with E-state index < -0.39 is 17.3 Å². The number of pyridine rings is 1. The summed E-state index contributed by atoms with van der Waals surface area (Å²) < 4.78 is 20.2. The van der Waals surface area contributed by atoms with Crippen molar-refractivity contribution in [3.63, 3.8) is 0 Å². The van der Waals surface area contributed by atoms with Gasteiger partial charge < -0.3 is 10.1 Å². The molecule has 0 fully saturated rings. The molecule has 1 aromatic carbocycles. The quantitative estimate of drug-likeness (QED) is 0.556. The third kappa shape index (κ3) is 3.59. The number of nitrogens with one attached hydrogen (secondary N) is 1. The van der Waals surface area contributed by atoms with Crippen LogP contribution in [0.2, 0.25) is 0 Å². The van der Waals surface area contributed by atoms with Crippen molar-refractivity contribution in [2.24, 2.45) is 0 Å². The van der Waals surface area contributed by atoms with Gasteiger partial charge in [-0.3, -0.25) is 14.0 Å². The third-order valence-corrected chi connectivity index (χ3v) is 3.96. The highest BCUT2D eigenvalue weighted by Crippen LogP contribution is 2.24. The second-order valence-corrected chi connectivity index (χ2v) is 5.83. The minimum absolute atomic E-state index is 0.0763. The van der Waals surface area contributed by atoms with Crippen LogP contribution in [0.25, 0.3) is 11.7 Å². The van der Waals surface area contributed by atoms with Crippen LogP contribution in [-0.4, -0.2) is 22.3 Å². The standard InChI is InChI=1S/C20H15FN4O3/c1-12-4-3-9-25-17(12)24-19(28-15-7-5-14(21)6-8-15)16(20(25)27)10-13(11-22)18(26)23-2/h3-10H,1-2H3,(H,23,26)/b13-10-. The molecule has 28 heavy (non-hydrogen) atoms. The Morgan fingerprint density at radius 2 is 2.04 bits per heavy atom. The number of amides is 1. The van der Waals surface area contributed by atoms with Gasteiger partial charge in [0.15, 0.2) is 0 Å². The van der Waals surface area contributed by atoms with Crippen LogP contribution in [-0.2, 0) is 4.79 Å². The van der Waals surface area contributed by atoms with Gasteiger partial charge in [-0.25, -0.2) is 4.39 Å². The van der Waals surface area contributed by atoms with Crippen molar-refractivity contribution in [1.29, 1.82) is 5.26 Å². The molecular formula is C20H15FN4O3. The minimum atomic E-state index is -0.649. The molecule has 3 rings (SSSR count). The normalized spacial score (nSPS) is 11.1. The molecule has 0 aliphatic rings. The van der Waals surface area contributed by atoms with Crippen molar-refractivity contribution in [3.8, 4) is 17.7 Å². The number of carbonyl (C=O) groups excluding carboxylic acids is 1. The van der Waals surface area contributed by atoms with Crippen LogP contribution in [0, 0.1) is 24.1 Å². The van der Waals surface area contributed by atoms with E-state index in [-0.39, 0.29) is 22.8 Å². The molecule has 0 radical (unpaired) electrons. The largest absolute Gasteiger partial charge is 0.438 e. The van der Waals surface area contributed by atoms with Gasteiger partial charge >= 0.3 is 0 Å². The van der Waals surface area contributed by atoms with Crippen LogP contribution in [0.1, 0.15) is 11.1 Å². The van der Waals surface area contributed by atoms with Crippen LogP contribution >= 0.6 is 0 Å². The Kier molecular flexibility index (Phi) is 5.18. The molecule has 0 saturated carbocycles. The Balaban J connectivity index is 2.27. The molecule has 0 saturated heterocycles. The average Bonchev–Trinajstić information content (AvgIpc) is 2.70. The molecular weight excluding hydrogens is 363 g/mol. The summed E-state index contributed by atoms with van der Waals surface area (Å²) in [6.45, 7) is 1.78. The predicted molar refractivity (Wildman–Crippen MR) is 100 cm³/mol. The van der Waals surface area contributed by atoms with E-state index in [1.165, 1.54) is 41.9 Å². The van der Waals surface area contributed by atoms with Gasteiger partial charge in [-0.15, -0.1) is 0 Å². The number of likely N-dealkylation sites (N-methyl/N-ethyl adjacent to an activating group) is 1. The lowest BCUT2D eigenvalue weighted by atomic mass is 10.1. The Morgan fingerprint density at radius 1 is 1.32 bits per heavy atom. The molecule has 0 aliphatic carbocycles. The highest BCUT2D eigenvalue weighted by atomic mass is 19.1. The van der Waals surface area contributed by atoms with Gasteiger partial charge in [0.05, 0.1) is 0 Å². The number of halogens is 1. The van der Waals surface area contributed by atoms with Gasteiger partial charge in [0.2, 0.25) is 5.88 Å². The lowest BCUT2D eigenvalue weighted by Crippen LogP contribution is -2.22. The maximum atomic E-state index is 13.2. The minimum Gasteiger partial charge on any atom is -0.438 e. The van der Waals surface area contributed by atoms with Crippen molar-refractivity contribution in [2.45, 2.75) is 6.92 Å². The first-order chi connectivity index (χ1) is 13.4. The Labute approximate surface area is 159 Å².